The molecule has 2 aromatic carbocycles. The monoisotopic (exact) mass is 531 g/mol. The number of benzene rings is 2. The van der Waals surface area contributed by atoms with Crippen LogP contribution >= 0.6 is 0 Å². The summed E-state index contributed by atoms with van der Waals surface area (Å²) in [6.07, 6.45) is 5.11. The normalized spacial score (nSPS) is 11.0. The Kier molecular flexibility index (Phi) is 8.65. The van der Waals surface area contributed by atoms with Crippen molar-refractivity contribution in [2.45, 2.75) is 26.5 Å². The largest absolute Gasteiger partial charge is 0.493 e. The first-order valence-corrected chi connectivity index (χ1v) is 13.4. The molecule has 0 aliphatic heterocycles. The van der Waals surface area contributed by atoms with Crippen molar-refractivity contribution in [3.63, 3.8) is 0 Å². The lowest BCUT2D eigenvalue weighted by Crippen LogP contribution is -2.13. The molecular formula is C28H29N5O4S. The van der Waals surface area contributed by atoms with E-state index in [2.05, 4.69) is 25.6 Å². The van der Waals surface area contributed by atoms with Crippen molar-refractivity contribution in [3.05, 3.63) is 89.9 Å². The fraction of sp³-hybridized carbons (Fsp3) is 0.214. The number of carbonyl (C=O) groups excluding carboxylic acids is 1. The van der Waals surface area contributed by atoms with Gasteiger partial charge in [-0.25, -0.2) is 18.4 Å². The third-order valence-corrected chi connectivity index (χ3v) is 6.15. The second-order valence-corrected chi connectivity index (χ2v) is 10.1. The van der Waals surface area contributed by atoms with Crippen LogP contribution in [0.3, 0.4) is 0 Å². The highest BCUT2D eigenvalue weighted by atomic mass is 32.2. The number of amides is 1. The van der Waals surface area contributed by atoms with Gasteiger partial charge in [-0.05, 0) is 60.9 Å². The van der Waals surface area contributed by atoms with Gasteiger partial charge in [0.1, 0.15) is 16.5 Å². The topological polar surface area (TPSA) is 123 Å². The summed E-state index contributed by atoms with van der Waals surface area (Å²) in [5, 5.41) is 6.12. The number of aromatic nitrogens is 3. The maximum absolute atomic E-state index is 13.1. The van der Waals surface area contributed by atoms with Crippen molar-refractivity contribution >= 4 is 33.9 Å². The van der Waals surface area contributed by atoms with Gasteiger partial charge in [0.25, 0.3) is 5.91 Å². The Hall–Kier alpha value is -4.31. The van der Waals surface area contributed by atoms with Crippen LogP contribution in [-0.2, 0) is 16.5 Å². The van der Waals surface area contributed by atoms with Crippen LogP contribution in [0.15, 0.2) is 73.2 Å². The zero-order valence-corrected chi connectivity index (χ0v) is 22.2. The summed E-state index contributed by atoms with van der Waals surface area (Å²) in [7, 11) is -2.63. The lowest BCUT2D eigenvalue weighted by atomic mass is 10.1. The number of anilines is 3. The highest BCUT2D eigenvalue weighted by molar-refractivity contribution is 7.71. The van der Waals surface area contributed by atoms with Crippen LogP contribution in [0.1, 0.15) is 35.3 Å². The fourth-order valence-electron chi connectivity index (χ4n) is 3.61. The van der Waals surface area contributed by atoms with E-state index < -0.39 is 10.7 Å². The SMILES string of the molecule is Cc1ccc(NC(=O)c2ccc(C[SH](=O)=O)c(OCC(C)C)c2)cc1Nc1nccc(-c2cccnc2)n1. The Morgan fingerprint density at radius 2 is 1.89 bits per heavy atom. The molecule has 10 heteroatoms. The summed E-state index contributed by atoms with van der Waals surface area (Å²) in [6, 6.07) is 15.9. The Bertz CT molecular complexity index is 1500. The van der Waals surface area contributed by atoms with Crippen LogP contribution < -0.4 is 15.4 Å². The summed E-state index contributed by atoms with van der Waals surface area (Å²) in [4.78, 5) is 26.1. The van der Waals surface area contributed by atoms with Gasteiger partial charge < -0.3 is 15.4 Å². The minimum Gasteiger partial charge on any atom is -0.493 e. The molecule has 0 aliphatic carbocycles. The number of hydrogen-bond donors (Lipinski definition) is 3. The van der Waals surface area contributed by atoms with Gasteiger partial charge in [-0.2, -0.15) is 0 Å². The second-order valence-electron chi connectivity index (χ2n) is 9.13. The molecule has 2 heterocycles. The van der Waals surface area contributed by atoms with E-state index in [0.29, 0.717) is 35.1 Å². The molecule has 0 fully saturated rings. The molecule has 1 amide bonds. The van der Waals surface area contributed by atoms with Gasteiger partial charge in [-0.3, -0.25) is 9.78 Å². The van der Waals surface area contributed by atoms with E-state index in [4.69, 9.17) is 4.74 Å². The van der Waals surface area contributed by atoms with Crippen molar-refractivity contribution in [2.24, 2.45) is 5.92 Å². The number of nitrogens with one attached hydrogen (secondary N) is 2. The van der Waals surface area contributed by atoms with E-state index in [1.807, 2.05) is 45.0 Å². The summed E-state index contributed by atoms with van der Waals surface area (Å²) < 4.78 is 28.4. The molecule has 0 aliphatic rings. The standard InChI is InChI=1S/C28H29N5O4S/c1-18(2)16-37-26-13-20(7-8-22(26)17-38(35)36)27(34)31-23-9-6-19(3)25(14-23)33-28-30-12-10-24(32-28)21-5-4-11-29-15-21/h4-15,18,38H,16-17H2,1-3H3,(H,31,34)(H,30,32,33). The summed E-state index contributed by atoms with van der Waals surface area (Å²) in [5.74, 6) is 0.553. The van der Waals surface area contributed by atoms with Crippen LogP contribution in [0.4, 0.5) is 17.3 Å². The molecule has 9 nitrogen and oxygen atoms in total. The molecular weight excluding hydrogens is 502 g/mol. The lowest BCUT2D eigenvalue weighted by molar-refractivity contribution is 0.102. The minimum atomic E-state index is -2.63. The van der Waals surface area contributed by atoms with E-state index in [0.717, 1.165) is 22.5 Å². The van der Waals surface area contributed by atoms with E-state index in [1.54, 1.807) is 48.9 Å². The lowest BCUT2D eigenvalue weighted by Gasteiger charge is -2.14. The van der Waals surface area contributed by atoms with Gasteiger partial charge in [0, 0.05) is 46.7 Å². The fourth-order valence-corrected chi connectivity index (χ4v) is 4.15. The van der Waals surface area contributed by atoms with Crippen LogP contribution in [0.2, 0.25) is 0 Å². The van der Waals surface area contributed by atoms with Gasteiger partial charge in [0.05, 0.1) is 18.1 Å². The van der Waals surface area contributed by atoms with Crippen LogP contribution in [0, 0.1) is 12.8 Å². The van der Waals surface area contributed by atoms with Crippen LogP contribution in [0.5, 0.6) is 5.75 Å². The number of rotatable bonds is 10. The van der Waals surface area contributed by atoms with Gasteiger partial charge in [0.15, 0.2) is 0 Å². The van der Waals surface area contributed by atoms with Crippen molar-refractivity contribution in [1.29, 1.82) is 0 Å². The van der Waals surface area contributed by atoms with Crippen LogP contribution in [-0.4, -0.2) is 35.9 Å². The van der Waals surface area contributed by atoms with Crippen LogP contribution in [0.25, 0.3) is 11.3 Å². The summed E-state index contributed by atoms with van der Waals surface area (Å²) in [6.45, 7) is 6.34. The average Bonchev–Trinajstić information content (AvgIpc) is 2.90. The first-order valence-electron chi connectivity index (χ1n) is 12.1. The van der Waals surface area contributed by atoms with E-state index in [1.165, 1.54) is 0 Å². The zero-order chi connectivity index (χ0) is 27.1. The Balaban J connectivity index is 1.53. The molecule has 0 bridgehead atoms. The molecule has 0 unspecified atom stereocenters. The van der Waals surface area contributed by atoms with Crippen molar-refractivity contribution in [1.82, 2.24) is 15.0 Å². The quantitative estimate of drug-likeness (QED) is 0.245. The van der Waals surface area contributed by atoms with E-state index in [9.17, 15) is 13.2 Å². The zero-order valence-electron chi connectivity index (χ0n) is 21.3. The predicted molar refractivity (Wildman–Crippen MR) is 148 cm³/mol. The van der Waals surface area contributed by atoms with Crippen molar-refractivity contribution < 1.29 is 17.9 Å². The number of aryl methyl sites for hydroxylation is 1. The number of carbonyl (C=O) groups is 1. The molecule has 4 aromatic rings. The Morgan fingerprint density at radius 3 is 2.63 bits per heavy atom. The third-order valence-electron chi connectivity index (χ3n) is 5.56. The molecule has 0 saturated heterocycles. The number of ether oxygens (including phenoxy) is 1. The average molecular weight is 532 g/mol. The smallest absolute Gasteiger partial charge is 0.255 e. The van der Waals surface area contributed by atoms with Gasteiger partial charge >= 0.3 is 0 Å². The molecule has 0 spiro atoms. The maximum Gasteiger partial charge on any atom is 0.255 e. The molecule has 0 saturated carbocycles. The highest BCUT2D eigenvalue weighted by Crippen LogP contribution is 2.26. The number of thiol groups is 1. The van der Waals surface area contributed by atoms with E-state index in [-0.39, 0.29) is 17.6 Å². The van der Waals surface area contributed by atoms with Crippen molar-refractivity contribution in [3.8, 4) is 17.0 Å². The number of hydrogen-bond acceptors (Lipinski definition) is 8. The summed E-state index contributed by atoms with van der Waals surface area (Å²) in [5.41, 5.74) is 4.74. The molecule has 38 heavy (non-hydrogen) atoms. The first kappa shape index (κ1) is 26.7. The molecule has 4 rings (SSSR count). The third kappa shape index (κ3) is 7.13. The minimum absolute atomic E-state index is 0.151. The van der Waals surface area contributed by atoms with Gasteiger partial charge in [-0.15, -0.1) is 0 Å². The number of pyridine rings is 1. The molecule has 2 aromatic heterocycles. The van der Waals surface area contributed by atoms with E-state index >= 15 is 0 Å². The molecule has 0 radical (unpaired) electrons. The van der Waals surface area contributed by atoms with Gasteiger partial charge in [-0.1, -0.05) is 26.0 Å². The number of nitrogens with zero attached hydrogens (tertiary/aromatic N) is 3. The second kappa shape index (κ2) is 12.3. The summed E-state index contributed by atoms with van der Waals surface area (Å²) >= 11 is 0. The highest BCUT2D eigenvalue weighted by Gasteiger charge is 2.14. The molecule has 2 N–H and O–H groups in total. The Morgan fingerprint density at radius 1 is 1.05 bits per heavy atom. The molecule has 196 valence electrons. The Labute approximate surface area is 223 Å². The predicted octanol–water partition coefficient (Wildman–Crippen LogP) is 4.99. The molecule has 0 atom stereocenters. The van der Waals surface area contributed by atoms with Gasteiger partial charge in [0.2, 0.25) is 5.95 Å². The van der Waals surface area contributed by atoms with Crippen molar-refractivity contribution in [2.75, 3.05) is 17.2 Å². The first-order chi connectivity index (χ1) is 18.3. The maximum atomic E-state index is 13.1.